The number of likely N-dealkylation sites (tertiary alicyclic amines) is 1. The first-order valence-corrected chi connectivity index (χ1v) is 4.05. The van der Waals surface area contributed by atoms with Gasteiger partial charge < -0.3 is 10.0 Å². The summed E-state index contributed by atoms with van der Waals surface area (Å²) >= 11 is 0. The van der Waals surface area contributed by atoms with Crippen LogP contribution < -0.4 is 0 Å². The van der Waals surface area contributed by atoms with E-state index in [0.717, 1.165) is 6.42 Å². The van der Waals surface area contributed by atoms with E-state index >= 15 is 0 Å². The van der Waals surface area contributed by atoms with Gasteiger partial charge in [0.1, 0.15) is 0 Å². The van der Waals surface area contributed by atoms with Crippen LogP contribution in [0.5, 0.6) is 0 Å². The highest BCUT2D eigenvalue weighted by Gasteiger charge is 2.24. The molecule has 68 valence electrons. The fourth-order valence-corrected chi connectivity index (χ4v) is 1.51. The SMILES string of the molecule is CN1CC(CC(=O)O)CCC1=O. The molecule has 0 aliphatic carbocycles. The van der Waals surface area contributed by atoms with Crippen LogP contribution in [0.4, 0.5) is 0 Å². The summed E-state index contributed by atoms with van der Waals surface area (Å²) in [5.74, 6) is -0.510. The zero-order valence-electron chi connectivity index (χ0n) is 7.12. The number of carbonyl (C=O) groups excluding carboxylic acids is 1. The Balaban J connectivity index is 2.40. The van der Waals surface area contributed by atoms with Gasteiger partial charge in [-0.25, -0.2) is 0 Å². The minimum atomic E-state index is -0.775. The minimum absolute atomic E-state index is 0.122. The Morgan fingerprint density at radius 2 is 2.42 bits per heavy atom. The van der Waals surface area contributed by atoms with E-state index in [0.29, 0.717) is 13.0 Å². The van der Waals surface area contributed by atoms with Crippen LogP contribution in [-0.4, -0.2) is 35.5 Å². The molecule has 0 saturated carbocycles. The van der Waals surface area contributed by atoms with Crippen LogP contribution in [0.3, 0.4) is 0 Å². The molecule has 1 rings (SSSR count). The van der Waals surface area contributed by atoms with E-state index in [1.807, 2.05) is 0 Å². The van der Waals surface area contributed by atoms with Crippen LogP contribution in [0.15, 0.2) is 0 Å². The van der Waals surface area contributed by atoms with Crippen molar-refractivity contribution >= 4 is 11.9 Å². The number of carboxylic acids is 1. The topological polar surface area (TPSA) is 57.6 Å². The third-order valence-corrected chi connectivity index (χ3v) is 2.19. The third-order valence-electron chi connectivity index (χ3n) is 2.19. The number of carbonyl (C=O) groups is 2. The van der Waals surface area contributed by atoms with Gasteiger partial charge in [0, 0.05) is 26.4 Å². The lowest BCUT2D eigenvalue weighted by atomic mass is 9.95. The second kappa shape index (κ2) is 3.56. The Bertz CT molecular complexity index is 202. The maximum atomic E-state index is 11.0. The molecule has 0 spiro atoms. The first-order chi connectivity index (χ1) is 5.59. The molecular weight excluding hydrogens is 158 g/mol. The maximum absolute atomic E-state index is 11.0. The molecule has 1 atom stereocenters. The molecule has 1 heterocycles. The summed E-state index contributed by atoms with van der Waals surface area (Å²) in [7, 11) is 1.72. The summed E-state index contributed by atoms with van der Waals surface area (Å²) in [4.78, 5) is 23.0. The first kappa shape index (κ1) is 9.03. The molecule has 1 aliphatic rings. The largest absolute Gasteiger partial charge is 0.481 e. The average molecular weight is 171 g/mol. The Morgan fingerprint density at radius 1 is 1.75 bits per heavy atom. The van der Waals surface area contributed by atoms with Crippen LogP contribution in [0.25, 0.3) is 0 Å². The Labute approximate surface area is 71.2 Å². The van der Waals surface area contributed by atoms with Crippen molar-refractivity contribution in [2.24, 2.45) is 5.92 Å². The molecule has 1 aliphatic heterocycles. The zero-order valence-corrected chi connectivity index (χ0v) is 7.12. The van der Waals surface area contributed by atoms with Crippen molar-refractivity contribution in [1.82, 2.24) is 4.90 Å². The summed E-state index contributed by atoms with van der Waals surface area (Å²) in [5, 5.41) is 8.51. The predicted molar refractivity (Wildman–Crippen MR) is 42.6 cm³/mol. The monoisotopic (exact) mass is 171 g/mol. The lowest BCUT2D eigenvalue weighted by Gasteiger charge is -2.28. The van der Waals surface area contributed by atoms with Crippen molar-refractivity contribution < 1.29 is 14.7 Å². The molecule has 1 fully saturated rings. The fraction of sp³-hybridized carbons (Fsp3) is 0.750. The second-order valence-electron chi connectivity index (χ2n) is 3.28. The van der Waals surface area contributed by atoms with Gasteiger partial charge in [-0.3, -0.25) is 9.59 Å². The summed E-state index contributed by atoms with van der Waals surface area (Å²) in [5.41, 5.74) is 0. The molecule has 4 nitrogen and oxygen atoms in total. The molecule has 4 heteroatoms. The highest BCUT2D eigenvalue weighted by atomic mass is 16.4. The van der Waals surface area contributed by atoms with Gasteiger partial charge in [0.15, 0.2) is 0 Å². The van der Waals surface area contributed by atoms with E-state index in [1.54, 1.807) is 11.9 Å². The smallest absolute Gasteiger partial charge is 0.303 e. The van der Waals surface area contributed by atoms with Crippen molar-refractivity contribution in [3.8, 4) is 0 Å². The molecule has 0 aromatic carbocycles. The number of amides is 1. The summed E-state index contributed by atoms with van der Waals surface area (Å²) in [6.45, 7) is 0.588. The summed E-state index contributed by atoms with van der Waals surface area (Å²) in [6, 6.07) is 0. The van der Waals surface area contributed by atoms with Crippen molar-refractivity contribution in [1.29, 1.82) is 0 Å². The lowest BCUT2D eigenvalue weighted by Crippen LogP contribution is -2.37. The van der Waals surface area contributed by atoms with Crippen LogP contribution in [0.2, 0.25) is 0 Å². The normalized spacial score (nSPS) is 24.2. The maximum Gasteiger partial charge on any atom is 0.303 e. The molecule has 0 bridgehead atoms. The van der Waals surface area contributed by atoms with Crippen molar-refractivity contribution in [2.75, 3.05) is 13.6 Å². The standard InChI is InChI=1S/C8H13NO3/c1-9-5-6(4-8(11)12)2-3-7(9)10/h6H,2-5H2,1H3,(H,11,12). The van der Waals surface area contributed by atoms with Gasteiger partial charge in [0.2, 0.25) is 5.91 Å². The van der Waals surface area contributed by atoms with E-state index in [1.165, 1.54) is 0 Å². The molecule has 12 heavy (non-hydrogen) atoms. The highest BCUT2D eigenvalue weighted by Crippen LogP contribution is 2.18. The zero-order chi connectivity index (χ0) is 9.14. The van der Waals surface area contributed by atoms with Crippen molar-refractivity contribution in [3.63, 3.8) is 0 Å². The first-order valence-electron chi connectivity index (χ1n) is 4.05. The van der Waals surface area contributed by atoms with E-state index in [-0.39, 0.29) is 18.2 Å². The Kier molecular flexibility index (Phi) is 2.68. The average Bonchev–Trinajstić information content (AvgIpc) is 1.96. The molecule has 1 N–H and O–H groups in total. The number of hydrogen-bond acceptors (Lipinski definition) is 2. The second-order valence-corrected chi connectivity index (χ2v) is 3.28. The van der Waals surface area contributed by atoms with Gasteiger partial charge in [-0.15, -0.1) is 0 Å². The van der Waals surface area contributed by atoms with Crippen LogP contribution in [0.1, 0.15) is 19.3 Å². The van der Waals surface area contributed by atoms with Gasteiger partial charge in [-0.2, -0.15) is 0 Å². The van der Waals surface area contributed by atoms with E-state index in [4.69, 9.17) is 5.11 Å². The van der Waals surface area contributed by atoms with Gasteiger partial charge in [-0.05, 0) is 12.3 Å². The molecule has 1 unspecified atom stereocenters. The van der Waals surface area contributed by atoms with E-state index in [2.05, 4.69) is 0 Å². The molecule has 0 aromatic rings. The van der Waals surface area contributed by atoms with Gasteiger partial charge >= 0.3 is 5.97 Å². The number of piperidine rings is 1. The molecular formula is C8H13NO3. The van der Waals surface area contributed by atoms with Crippen LogP contribution in [0, 0.1) is 5.92 Å². The number of rotatable bonds is 2. The van der Waals surface area contributed by atoms with Gasteiger partial charge in [0.25, 0.3) is 0 Å². The van der Waals surface area contributed by atoms with E-state index < -0.39 is 5.97 Å². The summed E-state index contributed by atoms with van der Waals surface area (Å²) in [6.07, 6.45) is 1.39. The third kappa shape index (κ3) is 2.22. The number of aliphatic carboxylic acids is 1. The Morgan fingerprint density at radius 3 is 2.92 bits per heavy atom. The predicted octanol–water partition coefficient (Wildman–Crippen LogP) is 0.329. The quantitative estimate of drug-likeness (QED) is 0.651. The lowest BCUT2D eigenvalue weighted by molar-refractivity contribution is -0.141. The minimum Gasteiger partial charge on any atom is -0.481 e. The number of nitrogens with zero attached hydrogens (tertiary/aromatic N) is 1. The molecule has 1 saturated heterocycles. The number of hydrogen-bond donors (Lipinski definition) is 1. The fourth-order valence-electron chi connectivity index (χ4n) is 1.51. The summed E-state index contributed by atoms with van der Waals surface area (Å²) < 4.78 is 0. The van der Waals surface area contributed by atoms with Crippen LogP contribution in [-0.2, 0) is 9.59 Å². The van der Waals surface area contributed by atoms with Gasteiger partial charge in [0.05, 0.1) is 0 Å². The highest BCUT2D eigenvalue weighted by molar-refractivity contribution is 5.77. The molecule has 1 amide bonds. The van der Waals surface area contributed by atoms with Crippen molar-refractivity contribution in [2.45, 2.75) is 19.3 Å². The van der Waals surface area contributed by atoms with Gasteiger partial charge in [-0.1, -0.05) is 0 Å². The molecule has 0 aromatic heterocycles. The number of carboxylic acid groups (broad SMARTS) is 1. The van der Waals surface area contributed by atoms with E-state index in [9.17, 15) is 9.59 Å². The van der Waals surface area contributed by atoms with Crippen molar-refractivity contribution in [3.05, 3.63) is 0 Å². The Hall–Kier alpha value is -1.06. The van der Waals surface area contributed by atoms with Crippen LogP contribution >= 0.6 is 0 Å². The molecule has 0 radical (unpaired) electrons.